The van der Waals surface area contributed by atoms with Crippen LogP contribution >= 0.6 is 0 Å². The second-order valence-electron chi connectivity index (χ2n) is 6.52. The predicted molar refractivity (Wildman–Crippen MR) is 103 cm³/mol. The van der Waals surface area contributed by atoms with Crippen LogP contribution in [0.5, 0.6) is 0 Å². The smallest absolute Gasteiger partial charge is 0.259 e. The summed E-state index contributed by atoms with van der Waals surface area (Å²) in [6.45, 7) is 5.85. The molecule has 3 aromatic rings. The van der Waals surface area contributed by atoms with Gasteiger partial charge >= 0.3 is 0 Å². The average Bonchev–Trinajstić information content (AvgIpc) is 3.08. The molecular formula is C20H22N4O3. The maximum atomic E-state index is 12.4. The first-order valence-corrected chi connectivity index (χ1v) is 8.87. The van der Waals surface area contributed by atoms with Crippen molar-refractivity contribution in [2.45, 2.75) is 40.2 Å². The number of carbonyl (C=O) groups is 1. The highest BCUT2D eigenvalue weighted by Crippen LogP contribution is 2.17. The van der Waals surface area contributed by atoms with Gasteiger partial charge in [-0.25, -0.2) is 0 Å². The molecule has 0 aliphatic carbocycles. The Labute approximate surface area is 157 Å². The summed E-state index contributed by atoms with van der Waals surface area (Å²) in [5.41, 5.74) is 3.15. The molecule has 0 atom stereocenters. The molecule has 27 heavy (non-hydrogen) atoms. The zero-order valence-electron chi connectivity index (χ0n) is 15.7. The van der Waals surface area contributed by atoms with E-state index in [-0.39, 0.29) is 18.0 Å². The number of carbonyl (C=O) groups excluding carboxylic acids is 1. The van der Waals surface area contributed by atoms with Gasteiger partial charge < -0.3 is 14.4 Å². The molecule has 2 aromatic heterocycles. The summed E-state index contributed by atoms with van der Waals surface area (Å²) in [4.78, 5) is 28.8. The summed E-state index contributed by atoms with van der Waals surface area (Å²) in [7, 11) is 0. The molecule has 0 fully saturated rings. The van der Waals surface area contributed by atoms with Crippen molar-refractivity contribution in [3.8, 4) is 11.5 Å². The van der Waals surface area contributed by atoms with E-state index in [2.05, 4.69) is 15.5 Å². The largest absolute Gasteiger partial charge is 0.334 e. The van der Waals surface area contributed by atoms with Gasteiger partial charge in [-0.3, -0.25) is 9.59 Å². The number of nitrogens with one attached hydrogen (secondary N) is 1. The number of pyridine rings is 1. The molecule has 0 saturated carbocycles. The summed E-state index contributed by atoms with van der Waals surface area (Å²) < 4.78 is 6.58. The molecule has 7 heteroatoms. The van der Waals surface area contributed by atoms with Crippen LogP contribution < -0.4 is 10.9 Å². The van der Waals surface area contributed by atoms with Crippen molar-refractivity contribution in [1.82, 2.24) is 14.7 Å². The van der Waals surface area contributed by atoms with Crippen molar-refractivity contribution in [3.05, 3.63) is 63.8 Å². The van der Waals surface area contributed by atoms with Crippen LogP contribution in [-0.2, 0) is 17.8 Å². The predicted octanol–water partition coefficient (Wildman–Crippen LogP) is 3.11. The molecule has 0 spiro atoms. The molecule has 1 N–H and O–H groups in total. The second kappa shape index (κ2) is 7.99. The Hall–Kier alpha value is -3.22. The van der Waals surface area contributed by atoms with E-state index < -0.39 is 0 Å². The fraction of sp³-hybridized carbons (Fsp3) is 0.300. The van der Waals surface area contributed by atoms with Crippen LogP contribution in [-0.4, -0.2) is 20.6 Å². The standard InChI is InChI=1S/C20H22N4O3/c1-4-5-17-22-20(27-23-17)15-7-9-19(26)24(11-15)12-18(25)21-16-8-6-13(2)10-14(16)3/h6-11H,4-5,12H2,1-3H3,(H,21,25). The Balaban J connectivity index is 1.77. The zero-order valence-corrected chi connectivity index (χ0v) is 15.7. The average molecular weight is 366 g/mol. The maximum Gasteiger partial charge on any atom is 0.259 e. The van der Waals surface area contributed by atoms with Crippen molar-refractivity contribution in [3.63, 3.8) is 0 Å². The first-order valence-electron chi connectivity index (χ1n) is 8.87. The highest BCUT2D eigenvalue weighted by Gasteiger charge is 2.12. The molecule has 2 heterocycles. The molecule has 140 valence electrons. The third kappa shape index (κ3) is 4.49. The first kappa shape index (κ1) is 18.6. The van der Waals surface area contributed by atoms with Gasteiger partial charge in [-0.1, -0.05) is 29.8 Å². The highest BCUT2D eigenvalue weighted by molar-refractivity contribution is 5.91. The molecule has 0 unspecified atom stereocenters. The summed E-state index contributed by atoms with van der Waals surface area (Å²) in [5.74, 6) is 0.679. The SMILES string of the molecule is CCCc1noc(-c2ccc(=O)n(CC(=O)Nc3ccc(C)cc3C)c2)n1. The van der Waals surface area contributed by atoms with Crippen LogP contribution in [0.1, 0.15) is 30.3 Å². The van der Waals surface area contributed by atoms with Gasteiger partial charge in [0, 0.05) is 24.4 Å². The molecule has 3 rings (SSSR count). The van der Waals surface area contributed by atoms with Gasteiger partial charge in [-0.05, 0) is 38.0 Å². The van der Waals surface area contributed by atoms with E-state index >= 15 is 0 Å². The van der Waals surface area contributed by atoms with Gasteiger partial charge in [0.2, 0.25) is 5.91 Å². The summed E-state index contributed by atoms with van der Waals surface area (Å²) in [6.07, 6.45) is 3.20. The molecule has 1 aromatic carbocycles. The lowest BCUT2D eigenvalue weighted by Gasteiger charge is -2.10. The molecule has 0 radical (unpaired) electrons. The lowest BCUT2D eigenvalue weighted by Crippen LogP contribution is -2.27. The molecule has 0 bridgehead atoms. The molecule has 0 saturated heterocycles. The number of anilines is 1. The highest BCUT2D eigenvalue weighted by atomic mass is 16.5. The number of nitrogens with zero attached hydrogens (tertiary/aromatic N) is 3. The Morgan fingerprint density at radius 1 is 1.22 bits per heavy atom. The van der Waals surface area contributed by atoms with Crippen molar-refractivity contribution in [1.29, 1.82) is 0 Å². The van der Waals surface area contributed by atoms with Crippen LogP contribution in [0.4, 0.5) is 5.69 Å². The fourth-order valence-corrected chi connectivity index (χ4v) is 2.78. The third-order valence-corrected chi connectivity index (χ3v) is 4.14. The third-order valence-electron chi connectivity index (χ3n) is 4.14. The van der Waals surface area contributed by atoms with Gasteiger partial charge in [-0.2, -0.15) is 4.98 Å². The van der Waals surface area contributed by atoms with E-state index in [1.54, 1.807) is 12.3 Å². The lowest BCUT2D eigenvalue weighted by atomic mass is 10.1. The number of amides is 1. The van der Waals surface area contributed by atoms with Gasteiger partial charge in [0.25, 0.3) is 11.4 Å². The molecule has 7 nitrogen and oxygen atoms in total. The summed E-state index contributed by atoms with van der Waals surface area (Å²) >= 11 is 0. The molecular weight excluding hydrogens is 344 g/mol. The Morgan fingerprint density at radius 3 is 2.78 bits per heavy atom. The second-order valence-corrected chi connectivity index (χ2v) is 6.52. The number of benzene rings is 1. The number of aryl methyl sites for hydroxylation is 3. The van der Waals surface area contributed by atoms with E-state index in [1.165, 1.54) is 10.6 Å². The van der Waals surface area contributed by atoms with Crippen LogP contribution in [0.3, 0.4) is 0 Å². The molecule has 0 aliphatic rings. The van der Waals surface area contributed by atoms with Crippen molar-refractivity contribution in [2.75, 3.05) is 5.32 Å². The first-order chi connectivity index (χ1) is 13.0. The van der Waals surface area contributed by atoms with E-state index in [1.807, 2.05) is 39.0 Å². The fourth-order valence-electron chi connectivity index (χ4n) is 2.78. The minimum Gasteiger partial charge on any atom is -0.334 e. The monoisotopic (exact) mass is 366 g/mol. The summed E-state index contributed by atoms with van der Waals surface area (Å²) in [6, 6.07) is 8.79. The van der Waals surface area contributed by atoms with E-state index in [9.17, 15) is 9.59 Å². The van der Waals surface area contributed by atoms with Crippen molar-refractivity contribution < 1.29 is 9.32 Å². The summed E-state index contributed by atoms with van der Waals surface area (Å²) in [5, 5.41) is 6.76. The molecule has 1 amide bonds. The van der Waals surface area contributed by atoms with Gasteiger partial charge in [0.1, 0.15) is 6.54 Å². The van der Waals surface area contributed by atoms with Crippen molar-refractivity contribution >= 4 is 11.6 Å². The number of hydrogen-bond donors (Lipinski definition) is 1. The number of hydrogen-bond acceptors (Lipinski definition) is 5. The lowest BCUT2D eigenvalue weighted by molar-refractivity contribution is -0.116. The van der Waals surface area contributed by atoms with Crippen LogP contribution in [0.2, 0.25) is 0 Å². The zero-order chi connectivity index (χ0) is 19.4. The van der Waals surface area contributed by atoms with Crippen LogP contribution in [0, 0.1) is 13.8 Å². The van der Waals surface area contributed by atoms with E-state index in [0.717, 1.165) is 29.7 Å². The Kier molecular flexibility index (Phi) is 5.49. The van der Waals surface area contributed by atoms with E-state index in [4.69, 9.17) is 4.52 Å². The number of aromatic nitrogens is 3. The van der Waals surface area contributed by atoms with Gasteiger partial charge in [0.15, 0.2) is 5.82 Å². The maximum absolute atomic E-state index is 12.4. The minimum atomic E-state index is -0.279. The quantitative estimate of drug-likeness (QED) is 0.724. The molecule has 0 aliphatic heterocycles. The van der Waals surface area contributed by atoms with Crippen LogP contribution in [0.15, 0.2) is 45.8 Å². The topological polar surface area (TPSA) is 90.0 Å². The Morgan fingerprint density at radius 2 is 2.04 bits per heavy atom. The van der Waals surface area contributed by atoms with Gasteiger partial charge in [0.05, 0.1) is 5.56 Å². The normalized spacial score (nSPS) is 10.8. The number of rotatable bonds is 6. The van der Waals surface area contributed by atoms with Crippen LogP contribution in [0.25, 0.3) is 11.5 Å². The van der Waals surface area contributed by atoms with Crippen molar-refractivity contribution in [2.24, 2.45) is 0 Å². The Bertz CT molecular complexity index is 1020. The van der Waals surface area contributed by atoms with Gasteiger partial charge in [-0.15, -0.1) is 0 Å². The van der Waals surface area contributed by atoms with E-state index in [0.29, 0.717) is 17.3 Å². The minimum absolute atomic E-state index is 0.101.